The molecule has 0 spiro atoms. The van der Waals surface area contributed by atoms with E-state index in [4.69, 9.17) is 4.74 Å². The van der Waals surface area contributed by atoms with Crippen LogP contribution in [0.3, 0.4) is 0 Å². The molecule has 2 fully saturated rings. The van der Waals surface area contributed by atoms with Crippen LogP contribution in [0.1, 0.15) is 42.1 Å². The molecule has 3 aromatic rings. The molecule has 0 aliphatic heterocycles. The summed E-state index contributed by atoms with van der Waals surface area (Å²) < 4.78 is 22.0. The first-order valence-corrected chi connectivity index (χ1v) is 9.41. The van der Waals surface area contributed by atoms with Crippen LogP contribution in [-0.2, 0) is 6.42 Å². The molecule has 26 heavy (non-hydrogen) atoms. The zero-order valence-corrected chi connectivity index (χ0v) is 14.9. The van der Waals surface area contributed by atoms with E-state index in [2.05, 4.69) is 14.6 Å². The van der Waals surface area contributed by atoms with Gasteiger partial charge in [0, 0.05) is 24.1 Å². The molecule has 0 radical (unpaired) electrons. The van der Waals surface area contributed by atoms with Gasteiger partial charge in [0.25, 0.3) is 0 Å². The van der Waals surface area contributed by atoms with Crippen molar-refractivity contribution in [2.75, 3.05) is 6.61 Å². The van der Waals surface area contributed by atoms with Gasteiger partial charge < -0.3 is 4.74 Å². The maximum absolute atomic E-state index is 13.9. The molecule has 0 saturated heterocycles. The number of benzene rings is 1. The number of hydrogen-bond donors (Lipinski definition) is 0. The highest BCUT2D eigenvalue weighted by molar-refractivity contribution is 5.54. The van der Waals surface area contributed by atoms with Crippen LogP contribution in [0.4, 0.5) is 4.39 Å². The number of aromatic nitrogens is 3. The van der Waals surface area contributed by atoms with Crippen molar-refractivity contribution in [3.63, 3.8) is 0 Å². The highest BCUT2D eigenvalue weighted by atomic mass is 19.1. The molecule has 0 unspecified atom stereocenters. The van der Waals surface area contributed by atoms with Crippen LogP contribution >= 0.6 is 0 Å². The molecule has 4 nitrogen and oxygen atoms in total. The molecule has 2 aliphatic rings. The number of aryl methyl sites for hydroxylation is 1. The summed E-state index contributed by atoms with van der Waals surface area (Å²) in [6, 6.07) is 9.06. The van der Waals surface area contributed by atoms with Gasteiger partial charge in [-0.05, 0) is 55.7 Å². The van der Waals surface area contributed by atoms with Crippen LogP contribution in [0.5, 0.6) is 5.75 Å². The van der Waals surface area contributed by atoms with Crippen molar-refractivity contribution >= 4 is 5.65 Å². The summed E-state index contributed by atoms with van der Waals surface area (Å²) in [5.41, 5.74) is 2.71. The Balaban J connectivity index is 1.28. The van der Waals surface area contributed by atoms with Gasteiger partial charge in [0.05, 0.1) is 6.61 Å². The van der Waals surface area contributed by atoms with Crippen LogP contribution < -0.4 is 4.74 Å². The van der Waals surface area contributed by atoms with Crippen molar-refractivity contribution in [2.45, 2.75) is 38.5 Å². The molecular formula is C21H22FN3O. The summed E-state index contributed by atoms with van der Waals surface area (Å²) in [4.78, 5) is 0. The third-order valence-electron chi connectivity index (χ3n) is 5.69. The van der Waals surface area contributed by atoms with Crippen molar-refractivity contribution in [3.05, 3.63) is 59.3 Å². The lowest BCUT2D eigenvalue weighted by atomic mass is 10.1. The second-order valence-corrected chi connectivity index (χ2v) is 7.70. The zero-order chi connectivity index (χ0) is 17.7. The van der Waals surface area contributed by atoms with E-state index < -0.39 is 0 Å². The number of halogens is 1. The van der Waals surface area contributed by atoms with Crippen molar-refractivity contribution in [1.82, 2.24) is 14.6 Å². The van der Waals surface area contributed by atoms with Gasteiger partial charge in [0.2, 0.25) is 0 Å². The number of fused-ring (bicyclic) bond motifs is 1. The quantitative estimate of drug-likeness (QED) is 0.664. The van der Waals surface area contributed by atoms with E-state index in [0.29, 0.717) is 12.5 Å². The number of pyridine rings is 1. The molecule has 1 aromatic carbocycles. The van der Waals surface area contributed by atoms with Gasteiger partial charge >= 0.3 is 0 Å². The average Bonchev–Trinajstić information content (AvgIpc) is 3.55. The Bertz CT molecular complexity index is 963. The normalized spacial score (nSPS) is 21.9. The van der Waals surface area contributed by atoms with E-state index in [9.17, 15) is 4.39 Å². The van der Waals surface area contributed by atoms with Gasteiger partial charge in [-0.15, -0.1) is 10.2 Å². The lowest BCUT2D eigenvalue weighted by Crippen LogP contribution is -2.04. The minimum absolute atomic E-state index is 0.107. The second-order valence-electron chi connectivity index (χ2n) is 7.70. The number of rotatable bonds is 6. The Hall–Kier alpha value is -2.43. The van der Waals surface area contributed by atoms with Crippen molar-refractivity contribution in [3.8, 4) is 5.75 Å². The van der Waals surface area contributed by atoms with Crippen LogP contribution in [-0.4, -0.2) is 21.2 Å². The summed E-state index contributed by atoms with van der Waals surface area (Å²) in [6.45, 7) is 2.64. The van der Waals surface area contributed by atoms with E-state index in [-0.39, 0.29) is 11.7 Å². The molecule has 0 bridgehead atoms. The minimum atomic E-state index is -0.107. The lowest BCUT2D eigenvalue weighted by Gasteiger charge is -2.10. The topological polar surface area (TPSA) is 39.4 Å². The van der Waals surface area contributed by atoms with Crippen LogP contribution in [0.2, 0.25) is 0 Å². The van der Waals surface area contributed by atoms with Crippen LogP contribution in [0.25, 0.3) is 5.65 Å². The standard InChI is InChI=1S/C21H22FN3O/c1-13-19(8-9-25-20(10-14-6-7-14)23-24-21(13)25)26-12-15-11-17(15)16-4-2-3-5-18(16)22/h2-5,8-9,14-15,17H,6-7,10-12H2,1H3/t15-,17+/m1/s1. The minimum Gasteiger partial charge on any atom is -0.493 e. The molecular weight excluding hydrogens is 329 g/mol. The van der Waals surface area contributed by atoms with Crippen molar-refractivity contribution in [1.29, 1.82) is 0 Å². The van der Waals surface area contributed by atoms with Gasteiger partial charge in [-0.1, -0.05) is 18.2 Å². The van der Waals surface area contributed by atoms with E-state index in [1.807, 2.05) is 31.3 Å². The third-order valence-corrected chi connectivity index (χ3v) is 5.69. The predicted octanol–water partition coefficient (Wildman–Crippen LogP) is 4.31. The first kappa shape index (κ1) is 15.8. The summed E-state index contributed by atoms with van der Waals surface area (Å²) in [6.07, 6.45) is 6.61. The second kappa shape index (κ2) is 6.08. The lowest BCUT2D eigenvalue weighted by molar-refractivity contribution is 0.294. The van der Waals surface area contributed by atoms with Crippen LogP contribution in [0.15, 0.2) is 36.5 Å². The van der Waals surface area contributed by atoms with Crippen LogP contribution in [0, 0.1) is 24.6 Å². The molecule has 2 atom stereocenters. The highest BCUT2D eigenvalue weighted by Crippen LogP contribution is 2.48. The number of ether oxygens (including phenoxy) is 1. The SMILES string of the molecule is Cc1c(OC[C@H]2C[C@@H]2c2ccccc2F)ccn2c(CC3CC3)nnc12. The molecule has 5 rings (SSSR count). The van der Waals surface area contributed by atoms with Gasteiger partial charge in [-0.2, -0.15) is 0 Å². The average molecular weight is 351 g/mol. The maximum Gasteiger partial charge on any atom is 0.167 e. The predicted molar refractivity (Wildman–Crippen MR) is 96.9 cm³/mol. The Kier molecular flexibility index (Phi) is 3.69. The van der Waals surface area contributed by atoms with E-state index in [1.165, 1.54) is 18.9 Å². The Morgan fingerprint density at radius 1 is 1.19 bits per heavy atom. The van der Waals surface area contributed by atoms with Crippen molar-refractivity contribution < 1.29 is 9.13 Å². The number of hydrogen-bond acceptors (Lipinski definition) is 3. The van der Waals surface area contributed by atoms with Gasteiger partial charge in [-0.3, -0.25) is 4.40 Å². The fourth-order valence-electron chi connectivity index (χ4n) is 3.77. The first-order chi connectivity index (χ1) is 12.7. The largest absolute Gasteiger partial charge is 0.493 e. The summed E-state index contributed by atoms with van der Waals surface area (Å²) >= 11 is 0. The molecule has 2 aliphatic carbocycles. The summed E-state index contributed by atoms with van der Waals surface area (Å²) in [5, 5.41) is 8.72. The monoisotopic (exact) mass is 351 g/mol. The Labute approximate surface area is 152 Å². The molecule has 2 heterocycles. The highest BCUT2D eigenvalue weighted by Gasteiger charge is 2.40. The Morgan fingerprint density at radius 3 is 2.85 bits per heavy atom. The zero-order valence-electron chi connectivity index (χ0n) is 14.9. The van der Waals surface area contributed by atoms with E-state index in [0.717, 1.165) is 47.1 Å². The third kappa shape index (κ3) is 2.85. The van der Waals surface area contributed by atoms with Gasteiger partial charge in [-0.25, -0.2) is 4.39 Å². The number of nitrogens with zero attached hydrogens (tertiary/aromatic N) is 3. The van der Waals surface area contributed by atoms with Crippen molar-refractivity contribution in [2.24, 2.45) is 11.8 Å². The summed E-state index contributed by atoms with van der Waals surface area (Å²) in [7, 11) is 0. The Morgan fingerprint density at radius 2 is 2.04 bits per heavy atom. The first-order valence-electron chi connectivity index (χ1n) is 9.41. The molecule has 5 heteroatoms. The van der Waals surface area contributed by atoms with Gasteiger partial charge in [0.15, 0.2) is 5.65 Å². The molecule has 0 N–H and O–H groups in total. The fraction of sp³-hybridized carbons (Fsp3) is 0.429. The van der Waals surface area contributed by atoms with Gasteiger partial charge in [0.1, 0.15) is 17.4 Å². The molecule has 0 amide bonds. The maximum atomic E-state index is 13.9. The molecule has 2 saturated carbocycles. The fourth-order valence-corrected chi connectivity index (χ4v) is 3.77. The summed E-state index contributed by atoms with van der Waals surface area (Å²) in [5.74, 6) is 3.22. The smallest absolute Gasteiger partial charge is 0.167 e. The molecule has 2 aromatic heterocycles. The molecule has 134 valence electrons. The van der Waals surface area contributed by atoms with E-state index >= 15 is 0 Å². The van der Waals surface area contributed by atoms with E-state index in [1.54, 1.807) is 6.07 Å².